The molecule has 0 aromatic carbocycles. The second-order valence-electron chi connectivity index (χ2n) is 5.31. The summed E-state index contributed by atoms with van der Waals surface area (Å²) in [6.45, 7) is 9.63. The third-order valence-electron chi connectivity index (χ3n) is 3.98. The molecule has 2 aliphatic carbocycles. The van der Waals surface area contributed by atoms with Gasteiger partial charge in [-0.1, -0.05) is 20.4 Å². The normalized spacial score (nSPS) is 35.9. The van der Waals surface area contributed by atoms with Gasteiger partial charge in [0.05, 0.1) is 5.92 Å². The van der Waals surface area contributed by atoms with Crippen LogP contribution in [0.3, 0.4) is 0 Å². The van der Waals surface area contributed by atoms with Gasteiger partial charge in [-0.15, -0.1) is 0 Å². The van der Waals surface area contributed by atoms with Gasteiger partial charge in [-0.05, 0) is 17.3 Å². The number of Topliss-reactive ketones (excluding diaryl/α,β-unsaturated/α-hetero) is 1. The number of ketones is 1. The molecule has 0 spiro atoms. The molecule has 0 unspecified atom stereocenters. The van der Waals surface area contributed by atoms with Crippen LogP contribution in [0.1, 0.15) is 27.2 Å². The number of carbonyl (C=O) groups is 2. The lowest BCUT2D eigenvalue weighted by molar-refractivity contribution is -0.122. The van der Waals surface area contributed by atoms with Crippen LogP contribution in [-0.2, 0) is 9.59 Å². The Bertz CT molecular complexity index is 357. The van der Waals surface area contributed by atoms with E-state index in [4.69, 9.17) is 0 Å². The summed E-state index contributed by atoms with van der Waals surface area (Å²) in [4.78, 5) is 22.6. The minimum absolute atomic E-state index is 0.144. The lowest BCUT2D eigenvalue weighted by Gasteiger charge is -2.18. The molecule has 0 bridgehead atoms. The van der Waals surface area contributed by atoms with Crippen LogP contribution >= 0.6 is 0 Å². The van der Waals surface area contributed by atoms with Crippen LogP contribution in [0.4, 0.5) is 0 Å². The van der Waals surface area contributed by atoms with E-state index >= 15 is 0 Å². The van der Waals surface area contributed by atoms with Gasteiger partial charge in [-0.3, -0.25) is 9.59 Å². The molecule has 2 aliphatic rings. The molecule has 0 saturated heterocycles. The van der Waals surface area contributed by atoms with Crippen LogP contribution in [0.15, 0.2) is 12.3 Å². The fraction of sp³-hybridized carbons (Fsp3) is 0.667. The Balaban J connectivity index is 2.12. The van der Waals surface area contributed by atoms with E-state index < -0.39 is 0 Å². The van der Waals surface area contributed by atoms with E-state index in [1.54, 1.807) is 0 Å². The molecular weight excluding hydrogens is 190 g/mol. The zero-order valence-corrected chi connectivity index (χ0v) is 9.46. The maximum absolute atomic E-state index is 11.7. The molecule has 2 fully saturated rings. The van der Waals surface area contributed by atoms with Crippen molar-refractivity contribution in [3.8, 4) is 0 Å². The summed E-state index contributed by atoms with van der Waals surface area (Å²) >= 11 is 0. The highest BCUT2D eigenvalue weighted by Gasteiger charge is 2.67. The summed E-state index contributed by atoms with van der Waals surface area (Å²) in [5.74, 6) is 0.844. The summed E-state index contributed by atoms with van der Waals surface area (Å²) < 4.78 is 0. The summed E-state index contributed by atoms with van der Waals surface area (Å²) in [5.41, 5.74) is 0.838. The minimum atomic E-state index is -0.145. The SMILES string of the molecule is C=C(NC(C)=O)[C@H]1C(=O)C[C@@H]2[C@H]1C2(C)C. The average molecular weight is 207 g/mol. The Morgan fingerprint density at radius 3 is 2.60 bits per heavy atom. The molecule has 0 heterocycles. The molecular formula is C12H17NO2. The maximum Gasteiger partial charge on any atom is 0.220 e. The molecule has 0 aromatic rings. The molecule has 82 valence electrons. The summed E-state index contributed by atoms with van der Waals surface area (Å²) in [7, 11) is 0. The van der Waals surface area contributed by atoms with Gasteiger partial charge in [-0.2, -0.15) is 0 Å². The van der Waals surface area contributed by atoms with Gasteiger partial charge in [0.15, 0.2) is 0 Å². The van der Waals surface area contributed by atoms with Crippen molar-refractivity contribution in [2.24, 2.45) is 23.2 Å². The highest BCUT2D eigenvalue weighted by Crippen LogP contribution is 2.68. The molecule has 2 saturated carbocycles. The third kappa shape index (κ3) is 1.41. The van der Waals surface area contributed by atoms with E-state index in [0.717, 1.165) is 0 Å². The quantitative estimate of drug-likeness (QED) is 0.745. The topological polar surface area (TPSA) is 46.2 Å². The number of allylic oxidation sites excluding steroid dienone is 1. The molecule has 3 atom stereocenters. The summed E-state index contributed by atoms with van der Waals surface area (Å²) in [6, 6.07) is 0. The largest absolute Gasteiger partial charge is 0.330 e. The van der Waals surface area contributed by atoms with Crippen molar-refractivity contribution >= 4 is 11.7 Å². The highest BCUT2D eigenvalue weighted by molar-refractivity contribution is 5.89. The maximum atomic E-state index is 11.7. The molecule has 3 heteroatoms. The number of hydrogen-bond donors (Lipinski definition) is 1. The van der Waals surface area contributed by atoms with E-state index in [1.165, 1.54) is 6.92 Å². The molecule has 0 aliphatic heterocycles. The zero-order chi connectivity index (χ0) is 11.4. The lowest BCUT2D eigenvalue weighted by Crippen LogP contribution is -2.29. The first-order valence-corrected chi connectivity index (χ1v) is 5.34. The molecule has 1 N–H and O–H groups in total. The van der Waals surface area contributed by atoms with Gasteiger partial charge in [0, 0.05) is 19.0 Å². The second kappa shape index (κ2) is 2.94. The van der Waals surface area contributed by atoms with Crippen LogP contribution in [0, 0.1) is 23.2 Å². The van der Waals surface area contributed by atoms with Gasteiger partial charge in [0.1, 0.15) is 5.78 Å². The van der Waals surface area contributed by atoms with Crippen LogP contribution < -0.4 is 5.32 Å². The van der Waals surface area contributed by atoms with Crippen molar-refractivity contribution in [3.05, 3.63) is 12.3 Å². The molecule has 1 amide bonds. The van der Waals surface area contributed by atoms with Crippen molar-refractivity contribution in [2.75, 3.05) is 0 Å². The second-order valence-corrected chi connectivity index (χ2v) is 5.31. The van der Waals surface area contributed by atoms with E-state index in [9.17, 15) is 9.59 Å². The summed E-state index contributed by atoms with van der Waals surface area (Å²) in [6.07, 6.45) is 0.654. The van der Waals surface area contributed by atoms with Gasteiger partial charge in [0.25, 0.3) is 0 Å². The predicted octanol–water partition coefficient (Wildman–Crippen LogP) is 1.50. The number of hydrogen-bond acceptors (Lipinski definition) is 2. The molecule has 2 rings (SSSR count). The van der Waals surface area contributed by atoms with E-state index in [1.807, 2.05) is 0 Å². The van der Waals surface area contributed by atoms with Crippen LogP contribution in [-0.4, -0.2) is 11.7 Å². The summed E-state index contributed by atoms with van der Waals surface area (Å²) in [5, 5.41) is 2.66. The van der Waals surface area contributed by atoms with Gasteiger partial charge >= 0.3 is 0 Å². The smallest absolute Gasteiger partial charge is 0.220 e. The van der Waals surface area contributed by atoms with Gasteiger partial charge in [-0.25, -0.2) is 0 Å². The zero-order valence-electron chi connectivity index (χ0n) is 9.46. The first kappa shape index (κ1) is 10.4. The van der Waals surface area contributed by atoms with Gasteiger partial charge < -0.3 is 5.32 Å². The Labute approximate surface area is 89.9 Å². The number of carbonyl (C=O) groups excluding carboxylic acids is 2. The van der Waals surface area contributed by atoms with E-state index in [2.05, 4.69) is 25.7 Å². The van der Waals surface area contributed by atoms with Crippen molar-refractivity contribution in [2.45, 2.75) is 27.2 Å². The lowest BCUT2D eigenvalue weighted by atomic mass is 9.90. The van der Waals surface area contributed by atoms with E-state index in [-0.39, 0.29) is 23.0 Å². The van der Waals surface area contributed by atoms with Crippen LogP contribution in [0.2, 0.25) is 0 Å². The standard InChI is InChI=1S/C12H17NO2/c1-6(13-7(2)14)10-9(15)5-8-11(10)12(8,3)4/h8,10-11H,1,5H2,2-4H3,(H,13,14)/t8-,10+,11-/m1/s1. The molecule has 0 radical (unpaired) electrons. The van der Waals surface area contributed by atoms with Crippen LogP contribution in [0.5, 0.6) is 0 Å². The monoisotopic (exact) mass is 207 g/mol. The minimum Gasteiger partial charge on any atom is -0.330 e. The number of rotatable bonds is 2. The Kier molecular flexibility index (Phi) is 2.04. The predicted molar refractivity (Wildman–Crippen MR) is 56.8 cm³/mol. The molecule has 3 nitrogen and oxygen atoms in total. The fourth-order valence-corrected chi connectivity index (χ4v) is 3.10. The first-order chi connectivity index (χ1) is 6.85. The third-order valence-corrected chi connectivity index (χ3v) is 3.98. The van der Waals surface area contributed by atoms with E-state index in [0.29, 0.717) is 24.0 Å². The molecule has 0 aromatic heterocycles. The Morgan fingerprint density at radius 1 is 1.53 bits per heavy atom. The van der Waals surface area contributed by atoms with Crippen molar-refractivity contribution in [3.63, 3.8) is 0 Å². The fourth-order valence-electron chi connectivity index (χ4n) is 3.10. The van der Waals surface area contributed by atoms with Crippen molar-refractivity contribution in [1.29, 1.82) is 0 Å². The van der Waals surface area contributed by atoms with Crippen molar-refractivity contribution < 1.29 is 9.59 Å². The van der Waals surface area contributed by atoms with Crippen molar-refractivity contribution in [1.82, 2.24) is 5.32 Å². The average Bonchev–Trinajstić information content (AvgIpc) is 2.49. The Morgan fingerprint density at radius 2 is 2.13 bits per heavy atom. The highest BCUT2D eigenvalue weighted by atomic mass is 16.1. The first-order valence-electron chi connectivity index (χ1n) is 5.34. The Hall–Kier alpha value is -1.12. The van der Waals surface area contributed by atoms with Crippen LogP contribution in [0.25, 0.3) is 0 Å². The number of amides is 1. The number of fused-ring (bicyclic) bond motifs is 1. The number of nitrogens with one attached hydrogen (secondary N) is 1. The van der Waals surface area contributed by atoms with Gasteiger partial charge in [0.2, 0.25) is 5.91 Å². The molecule has 15 heavy (non-hydrogen) atoms.